The quantitative estimate of drug-likeness (QED) is 0.0285. The zero-order valence-corrected chi connectivity index (χ0v) is 31.7. The van der Waals surface area contributed by atoms with Crippen LogP contribution in [0.1, 0.15) is 187 Å². The van der Waals surface area contributed by atoms with E-state index in [1.807, 2.05) is 0 Å². The molecule has 0 spiro atoms. The van der Waals surface area contributed by atoms with Crippen LogP contribution in [0.15, 0.2) is 12.2 Å². The first-order valence-electron chi connectivity index (χ1n) is 19.7. The molecule has 8 nitrogen and oxygen atoms in total. The molecule has 0 fully saturated rings. The first kappa shape index (κ1) is 46.2. The smallest absolute Gasteiger partial charge is 0.457 e. The molecule has 0 aliphatic carbocycles. The van der Waals surface area contributed by atoms with E-state index in [2.05, 4.69) is 26.0 Å². The Kier molecular flexibility index (Phi) is 35.9. The molecule has 0 aromatic heterocycles. The van der Waals surface area contributed by atoms with E-state index in [1.54, 1.807) is 0 Å². The van der Waals surface area contributed by atoms with Crippen LogP contribution in [0.4, 0.5) is 0 Å². The Labute approximate surface area is 290 Å². The van der Waals surface area contributed by atoms with Crippen LogP contribution in [-0.2, 0) is 27.9 Å². The second kappa shape index (κ2) is 36.5. The van der Waals surface area contributed by atoms with Gasteiger partial charge in [0.25, 0.3) is 0 Å². The summed E-state index contributed by atoms with van der Waals surface area (Å²) in [5, 5.41) is 0. The lowest BCUT2D eigenvalue weighted by Gasteiger charge is -2.20. The summed E-state index contributed by atoms with van der Waals surface area (Å²) in [5.74, 6) is -0.333. The van der Waals surface area contributed by atoms with E-state index in [0.29, 0.717) is 13.0 Å². The van der Waals surface area contributed by atoms with Gasteiger partial charge >= 0.3 is 13.8 Å². The van der Waals surface area contributed by atoms with Crippen LogP contribution < -0.4 is 5.73 Å². The van der Waals surface area contributed by atoms with Crippen molar-refractivity contribution in [3.05, 3.63) is 12.2 Å². The van der Waals surface area contributed by atoms with Crippen LogP contribution in [-0.4, -0.2) is 49.9 Å². The van der Waals surface area contributed by atoms with Gasteiger partial charge in [0.1, 0.15) is 6.10 Å². The molecule has 0 aromatic carbocycles. The van der Waals surface area contributed by atoms with Gasteiger partial charge in [-0.2, -0.15) is 0 Å². The standard InChI is InChI=1S/C38H76NO7P/c1-3-5-7-9-11-12-13-14-15-16-17-18-19-20-21-22-23-24-25-27-29-31-38(40)46-37(36-45-47(41,42)44-34-32-39)35-43-33-30-28-26-10-8-6-4-2/h16-17,37H,3-15,18-36,39H2,1-2H3,(H,41,42)/b17-16-. The molecular formula is C38H76NO7P. The van der Waals surface area contributed by atoms with Crippen LogP contribution in [0, 0.1) is 0 Å². The average Bonchev–Trinajstić information content (AvgIpc) is 3.06. The molecule has 3 N–H and O–H groups in total. The van der Waals surface area contributed by atoms with Crippen molar-refractivity contribution < 1.29 is 32.8 Å². The fraction of sp³-hybridized carbons (Fsp3) is 0.921. The Bertz CT molecular complexity index is 737. The van der Waals surface area contributed by atoms with Crippen molar-refractivity contribution in [1.29, 1.82) is 0 Å². The number of nitrogens with two attached hydrogens (primary N) is 1. The van der Waals surface area contributed by atoms with Gasteiger partial charge in [0, 0.05) is 19.6 Å². The van der Waals surface area contributed by atoms with Crippen molar-refractivity contribution in [2.45, 2.75) is 193 Å². The van der Waals surface area contributed by atoms with E-state index in [1.165, 1.54) is 135 Å². The molecule has 0 heterocycles. The summed E-state index contributed by atoms with van der Waals surface area (Å²) in [6, 6.07) is 0. The zero-order chi connectivity index (χ0) is 34.5. The summed E-state index contributed by atoms with van der Waals surface area (Å²) in [7, 11) is -4.26. The molecule has 0 amide bonds. The first-order chi connectivity index (χ1) is 22.9. The number of hydrogen-bond acceptors (Lipinski definition) is 7. The second-order valence-corrected chi connectivity index (χ2v) is 14.6. The third-order valence-corrected chi connectivity index (χ3v) is 9.42. The maximum absolute atomic E-state index is 12.5. The third kappa shape index (κ3) is 36.3. The Morgan fingerprint density at radius 2 is 1.06 bits per heavy atom. The minimum absolute atomic E-state index is 0.0932. The molecule has 0 aliphatic rings. The predicted molar refractivity (Wildman–Crippen MR) is 197 cm³/mol. The molecule has 2 unspecified atom stereocenters. The van der Waals surface area contributed by atoms with E-state index < -0.39 is 13.9 Å². The highest BCUT2D eigenvalue weighted by molar-refractivity contribution is 7.47. The number of esters is 1. The van der Waals surface area contributed by atoms with Gasteiger partial charge < -0.3 is 20.1 Å². The van der Waals surface area contributed by atoms with Gasteiger partial charge in [-0.15, -0.1) is 0 Å². The second-order valence-electron chi connectivity index (χ2n) is 13.1. The zero-order valence-electron chi connectivity index (χ0n) is 30.8. The van der Waals surface area contributed by atoms with Crippen molar-refractivity contribution in [3.63, 3.8) is 0 Å². The molecule has 0 radical (unpaired) electrons. The summed E-state index contributed by atoms with van der Waals surface area (Å²) in [6.07, 6.45) is 36.7. The topological polar surface area (TPSA) is 117 Å². The molecular weight excluding hydrogens is 613 g/mol. The van der Waals surface area contributed by atoms with Gasteiger partial charge in [-0.05, 0) is 38.5 Å². The van der Waals surface area contributed by atoms with Crippen LogP contribution >= 0.6 is 7.82 Å². The molecule has 9 heteroatoms. The summed E-state index contributed by atoms with van der Waals surface area (Å²) in [5.41, 5.74) is 5.34. The van der Waals surface area contributed by atoms with Crippen LogP contribution in [0.25, 0.3) is 0 Å². The number of phosphoric ester groups is 1. The van der Waals surface area contributed by atoms with Crippen LogP contribution in [0.3, 0.4) is 0 Å². The first-order valence-corrected chi connectivity index (χ1v) is 21.2. The monoisotopic (exact) mass is 690 g/mol. The Morgan fingerprint density at radius 1 is 0.617 bits per heavy atom. The van der Waals surface area contributed by atoms with Gasteiger partial charge in [0.15, 0.2) is 0 Å². The summed E-state index contributed by atoms with van der Waals surface area (Å²) in [6.45, 7) is 4.90. The number of carbonyl (C=O) groups excluding carboxylic acids is 1. The number of phosphoric acid groups is 1. The predicted octanol–water partition coefficient (Wildman–Crippen LogP) is 11.1. The lowest BCUT2D eigenvalue weighted by atomic mass is 10.1. The number of rotatable bonds is 38. The van der Waals surface area contributed by atoms with Crippen molar-refractivity contribution in [3.8, 4) is 0 Å². The van der Waals surface area contributed by atoms with Crippen LogP contribution in [0.2, 0.25) is 0 Å². The number of hydrogen-bond donors (Lipinski definition) is 2. The number of allylic oxidation sites excluding steroid dienone is 2. The van der Waals surface area contributed by atoms with E-state index in [0.717, 1.165) is 32.1 Å². The summed E-state index contributed by atoms with van der Waals surface area (Å²) >= 11 is 0. The molecule has 0 rings (SSSR count). The Morgan fingerprint density at radius 3 is 1.55 bits per heavy atom. The van der Waals surface area contributed by atoms with Crippen molar-refractivity contribution >= 4 is 13.8 Å². The minimum Gasteiger partial charge on any atom is -0.457 e. The number of carbonyl (C=O) groups is 1. The van der Waals surface area contributed by atoms with E-state index >= 15 is 0 Å². The van der Waals surface area contributed by atoms with Gasteiger partial charge in [-0.25, -0.2) is 4.57 Å². The largest absolute Gasteiger partial charge is 0.472 e. The van der Waals surface area contributed by atoms with Gasteiger partial charge in [-0.3, -0.25) is 13.8 Å². The fourth-order valence-corrected chi connectivity index (χ4v) is 6.29. The Hall–Kier alpha value is -0.760. The van der Waals surface area contributed by atoms with Crippen molar-refractivity contribution in [2.75, 3.05) is 33.0 Å². The average molecular weight is 690 g/mol. The maximum Gasteiger partial charge on any atom is 0.472 e. The molecule has 0 aliphatic heterocycles. The Balaban J connectivity index is 3.90. The highest BCUT2D eigenvalue weighted by Crippen LogP contribution is 2.43. The third-order valence-electron chi connectivity index (χ3n) is 8.43. The lowest BCUT2D eigenvalue weighted by molar-refractivity contribution is -0.154. The summed E-state index contributed by atoms with van der Waals surface area (Å²) in [4.78, 5) is 22.3. The van der Waals surface area contributed by atoms with Crippen molar-refractivity contribution in [2.24, 2.45) is 5.73 Å². The molecule has 0 aromatic rings. The SMILES string of the molecule is CCCCCCCCCC/C=C\CCCCCCCCCCCC(=O)OC(COCCCCCCCCC)COP(=O)(O)OCCN. The van der Waals surface area contributed by atoms with Crippen LogP contribution in [0.5, 0.6) is 0 Å². The van der Waals surface area contributed by atoms with E-state index in [4.69, 9.17) is 24.3 Å². The number of ether oxygens (including phenoxy) is 2. The minimum atomic E-state index is -4.26. The van der Waals surface area contributed by atoms with Gasteiger partial charge in [0.2, 0.25) is 0 Å². The molecule has 0 saturated heterocycles. The van der Waals surface area contributed by atoms with E-state index in [9.17, 15) is 14.3 Å². The molecule has 0 saturated carbocycles. The lowest BCUT2D eigenvalue weighted by Crippen LogP contribution is -2.28. The van der Waals surface area contributed by atoms with Crippen molar-refractivity contribution in [1.82, 2.24) is 0 Å². The summed E-state index contributed by atoms with van der Waals surface area (Å²) < 4.78 is 33.2. The molecule has 2 atom stereocenters. The van der Waals surface area contributed by atoms with E-state index in [-0.39, 0.29) is 32.3 Å². The van der Waals surface area contributed by atoms with Gasteiger partial charge in [0.05, 0.1) is 19.8 Å². The normalized spacial score (nSPS) is 13.7. The number of unbranched alkanes of at least 4 members (excludes halogenated alkanes) is 23. The molecule has 0 bridgehead atoms. The highest BCUT2D eigenvalue weighted by Gasteiger charge is 2.25. The van der Waals surface area contributed by atoms with Gasteiger partial charge in [-0.1, -0.05) is 154 Å². The molecule has 280 valence electrons. The maximum atomic E-state index is 12.5. The highest BCUT2D eigenvalue weighted by atomic mass is 31.2. The fourth-order valence-electron chi connectivity index (χ4n) is 5.52. The molecule has 47 heavy (non-hydrogen) atoms.